The highest BCUT2D eigenvalue weighted by molar-refractivity contribution is 9.10. The Labute approximate surface area is 122 Å². The van der Waals surface area contributed by atoms with Crippen molar-refractivity contribution in [3.8, 4) is 0 Å². The number of hydrogen-bond acceptors (Lipinski definition) is 2. The molecule has 0 unspecified atom stereocenters. The van der Waals surface area contributed by atoms with E-state index in [9.17, 15) is 4.79 Å². The maximum absolute atomic E-state index is 12.2. The molecule has 2 aliphatic rings. The summed E-state index contributed by atoms with van der Waals surface area (Å²) in [5, 5.41) is 0. The highest BCUT2D eigenvalue weighted by Gasteiger charge is 2.31. The monoisotopic (exact) mass is 322 g/mol. The Morgan fingerprint density at radius 3 is 2.47 bits per heavy atom. The quantitative estimate of drug-likeness (QED) is 0.835. The number of rotatable bonds is 2. The average Bonchev–Trinajstić information content (AvgIpc) is 2.37. The van der Waals surface area contributed by atoms with Crippen LogP contribution in [0.5, 0.6) is 0 Å². The number of halogens is 1. The summed E-state index contributed by atoms with van der Waals surface area (Å²) in [4.78, 5) is 16.6. The van der Waals surface area contributed by atoms with Crippen LogP contribution >= 0.6 is 15.9 Å². The van der Waals surface area contributed by atoms with E-state index in [1.54, 1.807) is 0 Å². The van der Waals surface area contributed by atoms with Crippen LogP contribution in [0.25, 0.3) is 0 Å². The molecule has 1 aromatic carbocycles. The summed E-state index contributed by atoms with van der Waals surface area (Å²) in [5.74, 6) is 0.720. The van der Waals surface area contributed by atoms with Crippen molar-refractivity contribution in [2.24, 2.45) is 5.92 Å². The maximum atomic E-state index is 12.2. The van der Waals surface area contributed by atoms with Crippen LogP contribution in [0.3, 0.4) is 0 Å². The highest BCUT2D eigenvalue weighted by Crippen LogP contribution is 2.29. The molecule has 1 saturated carbocycles. The van der Waals surface area contributed by atoms with Crippen molar-refractivity contribution in [3.05, 3.63) is 28.7 Å². The molecule has 3 nitrogen and oxygen atoms in total. The van der Waals surface area contributed by atoms with Crippen LogP contribution in [-0.2, 0) is 4.79 Å². The summed E-state index contributed by atoms with van der Waals surface area (Å²) in [6.45, 7) is 3.60. The zero-order chi connectivity index (χ0) is 13.2. The van der Waals surface area contributed by atoms with Gasteiger partial charge in [-0.3, -0.25) is 4.79 Å². The normalized spacial score (nSPS) is 20.3. The SMILES string of the molecule is O=C(C1CCC1)N1CCN(c2cccc(Br)c2)CC1. The van der Waals surface area contributed by atoms with E-state index in [-0.39, 0.29) is 0 Å². The molecular weight excluding hydrogens is 304 g/mol. The number of carbonyl (C=O) groups excluding carboxylic acids is 1. The number of amides is 1. The molecule has 0 N–H and O–H groups in total. The molecule has 102 valence electrons. The van der Waals surface area contributed by atoms with Gasteiger partial charge in [0.25, 0.3) is 0 Å². The number of hydrogen-bond donors (Lipinski definition) is 0. The van der Waals surface area contributed by atoms with E-state index in [4.69, 9.17) is 0 Å². The van der Waals surface area contributed by atoms with Crippen molar-refractivity contribution < 1.29 is 4.79 Å². The second kappa shape index (κ2) is 5.53. The molecule has 1 saturated heterocycles. The molecule has 0 radical (unpaired) electrons. The minimum Gasteiger partial charge on any atom is -0.368 e. The molecule has 3 rings (SSSR count). The molecule has 19 heavy (non-hydrogen) atoms. The van der Waals surface area contributed by atoms with Gasteiger partial charge in [-0.1, -0.05) is 28.4 Å². The van der Waals surface area contributed by atoms with Crippen molar-refractivity contribution in [1.82, 2.24) is 4.90 Å². The molecule has 0 atom stereocenters. The zero-order valence-corrected chi connectivity index (χ0v) is 12.6. The molecule has 0 aromatic heterocycles. The van der Waals surface area contributed by atoms with Gasteiger partial charge in [-0.15, -0.1) is 0 Å². The lowest BCUT2D eigenvalue weighted by Gasteiger charge is -2.39. The topological polar surface area (TPSA) is 23.6 Å². The van der Waals surface area contributed by atoms with Crippen LogP contribution in [0, 0.1) is 5.92 Å². The summed E-state index contributed by atoms with van der Waals surface area (Å²) in [7, 11) is 0. The Morgan fingerprint density at radius 1 is 1.16 bits per heavy atom. The molecule has 2 fully saturated rings. The van der Waals surface area contributed by atoms with Gasteiger partial charge >= 0.3 is 0 Å². The van der Waals surface area contributed by atoms with E-state index < -0.39 is 0 Å². The second-order valence-electron chi connectivity index (χ2n) is 5.42. The van der Waals surface area contributed by atoms with Gasteiger partial charge in [0, 0.05) is 42.3 Å². The van der Waals surface area contributed by atoms with Gasteiger partial charge in [0.1, 0.15) is 0 Å². The molecular formula is C15H19BrN2O. The fraction of sp³-hybridized carbons (Fsp3) is 0.533. The van der Waals surface area contributed by atoms with Gasteiger partial charge in [-0.25, -0.2) is 0 Å². The predicted molar refractivity (Wildman–Crippen MR) is 80.3 cm³/mol. The van der Waals surface area contributed by atoms with Gasteiger partial charge in [0.2, 0.25) is 5.91 Å². The summed E-state index contributed by atoms with van der Waals surface area (Å²) in [6.07, 6.45) is 3.43. The van der Waals surface area contributed by atoms with Gasteiger partial charge in [-0.05, 0) is 31.0 Å². The first-order valence-corrected chi connectivity index (χ1v) is 7.82. The number of anilines is 1. The Hall–Kier alpha value is -1.03. The van der Waals surface area contributed by atoms with Crippen LogP contribution in [0.2, 0.25) is 0 Å². The Balaban J connectivity index is 1.58. The van der Waals surface area contributed by atoms with E-state index in [2.05, 4.69) is 43.9 Å². The van der Waals surface area contributed by atoms with E-state index in [1.165, 1.54) is 12.1 Å². The fourth-order valence-electron chi connectivity index (χ4n) is 2.77. The summed E-state index contributed by atoms with van der Waals surface area (Å²) >= 11 is 3.51. The van der Waals surface area contributed by atoms with Crippen LogP contribution in [-0.4, -0.2) is 37.0 Å². The largest absolute Gasteiger partial charge is 0.368 e. The zero-order valence-electron chi connectivity index (χ0n) is 11.0. The van der Waals surface area contributed by atoms with Crippen molar-refractivity contribution in [2.75, 3.05) is 31.1 Å². The maximum Gasteiger partial charge on any atom is 0.225 e. The Kier molecular flexibility index (Phi) is 3.78. The van der Waals surface area contributed by atoms with Crippen LogP contribution < -0.4 is 4.90 Å². The third-order valence-electron chi connectivity index (χ3n) is 4.22. The number of piperazine rings is 1. The van der Waals surface area contributed by atoms with Crippen LogP contribution in [0.15, 0.2) is 28.7 Å². The Morgan fingerprint density at radius 2 is 1.89 bits per heavy atom. The third-order valence-corrected chi connectivity index (χ3v) is 4.71. The molecule has 1 aromatic rings. The standard InChI is InChI=1S/C15H19BrN2O/c16-13-5-2-6-14(11-13)17-7-9-18(10-8-17)15(19)12-3-1-4-12/h2,5-6,11-12H,1,3-4,7-10H2. The predicted octanol–water partition coefficient (Wildman–Crippen LogP) is 2.90. The van der Waals surface area contributed by atoms with Crippen LogP contribution in [0.1, 0.15) is 19.3 Å². The van der Waals surface area contributed by atoms with E-state index in [0.29, 0.717) is 11.8 Å². The third kappa shape index (κ3) is 2.78. The number of nitrogens with zero attached hydrogens (tertiary/aromatic N) is 2. The first kappa shape index (κ1) is 13.0. The first-order valence-electron chi connectivity index (χ1n) is 7.03. The van der Waals surface area contributed by atoms with Gasteiger partial charge in [0.15, 0.2) is 0 Å². The molecule has 1 aliphatic carbocycles. The first-order chi connectivity index (χ1) is 9.24. The molecule has 1 aliphatic heterocycles. The minimum atomic E-state index is 0.331. The molecule has 1 heterocycles. The number of benzene rings is 1. The lowest BCUT2D eigenvalue weighted by Crippen LogP contribution is -2.51. The fourth-order valence-corrected chi connectivity index (χ4v) is 3.16. The van der Waals surface area contributed by atoms with Gasteiger partial charge in [0.05, 0.1) is 0 Å². The minimum absolute atomic E-state index is 0.331. The van der Waals surface area contributed by atoms with Crippen molar-refractivity contribution in [2.45, 2.75) is 19.3 Å². The molecule has 4 heteroatoms. The van der Waals surface area contributed by atoms with Crippen LogP contribution in [0.4, 0.5) is 5.69 Å². The van der Waals surface area contributed by atoms with E-state index in [1.807, 2.05) is 6.07 Å². The van der Waals surface area contributed by atoms with E-state index in [0.717, 1.165) is 43.5 Å². The summed E-state index contributed by atoms with van der Waals surface area (Å²) in [5.41, 5.74) is 1.24. The van der Waals surface area contributed by atoms with Crippen molar-refractivity contribution in [3.63, 3.8) is 0 Å². The molecule has 0 bridgehead atoms. The highest BCUT2D eigenvalue weighted by atomic mass is 79.9. The lowest BCUT2D eigenvalue weighted by molar-refractivity contribution is -0.138. The Bertz CT molecular complexity index is 465. The molecule has 1 amide bonds. The van der Waals surface area contributed by atoms with Crippen molar-refractivity contribution >= 4 is 27.5 Å². The van der Waals surface area contributed by atoms with E-state index >= 15 is 0 Å². The smallest absolute Gasteiger partial charge is 0.225 e. The molecule has 0 spiro atoms. The summed E-state index contributed by atoms with van der Waals surface area (Å²) < 4.78 is 1.11. The second-order valence-corrected chi connectivity index (χ2v) is 6.34. The van der Waals surface area contributed by atoms with Crippen molar-refractivity contribution in [1.29, 1.82) is 0 Å². The average molecular weight is 323 g/mol. The lowest BCUT2D eigenvalue weighted by atomic mass is 9.84. The summed E-state index contributed by atoms with van der Waals surface area (Å²) in [6, 6.07) is 8.38. The number of carbonyl (C=O) groups is 1. The van der Waals surface area contributed by atoms with Gasteiger partial charge in [-0.2, -0.15) is 0 Å². The van der Waals surface area contributed by atoms with Gasteiger partial charge < -0.3 is 9.80 Å².